The van der Waals surface area contributed by atoms with Gasteiger partial charge in [0, 0.05) is 19.6 Å². The highest BCUT2D eigenvalue weighted by atomic mass is 19.1. The first-order valence-electron chi connectivity index (χ1n) is 7.71. The quantitative estimate of drug-likeness (QED) is 0.884. The first-order chi connectivity index (χ1) is 9.47. The van der Waals surface area contributed by atoms with E-state index in [4.69, 9.17) is 0 Å². The monoisotopic (exact) mass is 278 g/mol. The third-order valence-electron chi connectivity index (χ3n) is 4.22. The molecule has 1 fully saturated rings. The third-order valence-corrected chi connectivity index (χ3v) is 4.22. The first-order valence-corrected chi connectivity index (χ1v) is 7.71. The van der Waals surface area contributed by atoms with Crippen LogP contribution in [0.25, 0.3) is 0 Å². The maximum Gasteiger partial charge on any atom is 0.146 e. The third kappa shape index (κ3) is 3.72. The highest BCUT2D eigenvalue weighted by molar-refractivity contribution is 5.50. The molecule has 2 atom stereocenters. The van der Waals surface area contributed by atoms with Crippen molar-refractivity contribution in [2.45, 2.75) is 34.2 Å². The Kier molecular flexibility index (Phi) is 5.03. The van der Waals surface area contributed by atoms with Crippen molar-refractivity contribution in [3.63, 3.8) is 0 Å². The van der Waals surface area contributed by atoms with Gasteiger partial charge in [-0.3, -0.25) is 0 Å². The van der Waals surface area contributed by atoms with E-state index in [0.29, 0.717) is 17.8 Å². The van der Waals surface area contributed by atoms with Crippen molar-refractivity contribution in [3.8, 4) is 0 Å². The molecule has 0 aromatic heterocycles. The maximum absolute atomic E-state index is 14.3. The van der Waals surface area contributed by atoms with Crippen molar-refractivity contribution in [2.24, 2.45) is 17.8 Å². The fourth-order valence-electron chi connectivity index (χ4n) is 2.75. The standard InChI is InChI=1S/C17H27FN2/c1-12(2)8-19-9-15-5-6-17(16(18)7-15)20-10-13(3)14(4)11-20/h5-7,12-14,19H,8-11H2,1-4H3. The Morgan fingerprint density at radius 2 is 1.90 bits per heavy atom. The molecule has 1 N–H and O–H groups in total. The van der Waals surface area contributed by atoms with Gasteiger partial charge in [0.15, 0.2) is 0 Å². The van der Waals surface area contributed by atoms with Crippen LogP contribution in [-0.4, -0.2) is 19.6 Å². The molecule has 0 saturated carbocycles. The molecule has 1 heterocycles. The second-order valence-electron chi connectivity index (χ2n) is 6.67. The molecule has 1 aromatic rings. The van der Waals surface area contributed by atoms with Crippen LogP contribution in [-0.2, 0) is 6.54 Å². The number of nitrogens with one attached hydrogen (secondary N) is 1. The molecule has 1 aromatic carbocycles. The van der Waals surface area contributed by atoms with Gasteiger partial charge in [-0.15, -0.1) is 0 Å². The van der Waals surface area contributed by atoms with Gasteiger partial charge in [-0.25, -0.2) is 4.39 Å². The van der Waals surface area contributed by atoms with Crippen molar-refractivity contribution in [3.05, 3.63) is 29.6 Å². The van der Waals surface area contributed by atoms with E-state index in [-0.39, 0.29) is 5.82 Å². The van der Waals surface area contributed by atoms with Crippen LogP contribution in [0.5, 0.6) is 0 Å². The molecule has 0 amide bonds. The lowest BCUT2D eigenvalue weighted by atomic mass is 10.0. The van der Waals surface area contributed by atoms with Gasteiger partial charge in [-0.05, 0) is 42.0 Å². The molecule has 0 radical (unpaired) electrons. The van der Waals surface area contributed by atoms with Gasteiger partial charge < -0.3 is 10.2 Å². The molecule has 1 saturated heterocycles. The average molecular weight is 278 g/mol. The van der Waals surface area contributed by atoms with E-state index in [0.717, 1.165) is 37.4 Å². The summed E-state index contributed by atoms with van der Waals surface area (Å²) in [5.74, 6) is 1.81. The van der Waals surface area contributed by atoms with Crippen LogP contribution in [0.1, 0.15) is 33.3 Å². The smallest absolute Gasteiger partial charge is 0.146 e. The fourth-order valence-corrected chi connectivity index (χ4v) is 2.75. The minimum atomic E-state index is -0.0878. The molecular formula is C17H27FN2. The van der Waals surface area contributed by atoms with E-state index in [1.165, 1.54) is 0 Å². The number of benzene rings is 1. The lowest BCUT2D eigenvalue weighted by molar-refractivity contribution is 0.494. The zero-order chi connectivity index (χ0) is 14.7. The Bertz CT molecular complexity index is 435. The SMILES string of the molecule is CC(C)CNCc1ccc(N2CC(C)C(C)C2)c(F)c1. The molecule has 1 aliphatic rings. The highest BCUT2D eigenvalue weighted by Gasteiger charge is 2.27. The number of hydrogen-bond acceptors (Lipinski definition) is 2. The van der Waals surface area contributed by atoms with Gasteiger partial charge in [-0.1, -0.05) is 33.8 Å². The molecule has 0 spiro atoms. The van der Waals surface area contributed by atoms with Crippen molar-refractivity contribution in [1.29, 1.82) is 0 Å². The van der Waals surface area contributed by atoms with E-state index in [2.05, 4.69) is 37.9 Å². The van der Waals surface area contributed by atoms with E-state index in [9.17, 15) is 4.39 Å². The Hall–Kier alpha value is -1.09. The zero-order valence-corrected chi connectivity index (χ0v) is 13.1. The molecule has 0 aliphatic carbocycles. The summed E-state index contributed by atoms with van der Waals surface area (Å²) in [5, 5.41) is 3.35. The van der Waals surface area contributed by atoms with E-state index < -0.39 is 0 Å². The summed E-state index contributed by atoms with van der Waals surface area (Å²) in [7, 11) is 0. The van der Waals surface area contributed by atoms with Crippen molar-refractivity contribution in [1.82, 2.24) is 5.32 Å². The summed E-state index contributed by atoms with van der Waals surface area (Å²) >= 11 is 0. The van der Waals surface area contributed by atoms with Gasteiger partial charge in [0.2, 0.25) is 0 Å². The predicted octanol–water partition coefficient (Wildman–Crippen LogP) is 3.66. The summed E-state index contributed by atoms with van der Waals surface area (Å²) in [4.78, 5) is 2.18. The summed E-state index contributed by atoms with van der Waals surface area (Å²) in [5.41, 5.74) is 1.78. The fraction of sp³-hybridized carbons (Fsp3) is 0.647. The maximum atomic E-state index is 14.3. The Balaban J connectivity index is 1.99. The second kappa shape index (κ2) is 6.57. The van der Waals surface area contributed by atoms with Gasteiger partial charge in [0.05, 0.1) is 5.69 Å². The largest absolute Gasteiger partial charge is 0.369 e. The van der Waals surface area contributed by atoms with Crippen LogP contribution < -0.4 is 10.2 Å². The summed E-state index contributed by atoms with van der Waals surface area (Å²) in [6, 6.07) is 5.65. The van der Waals surface area contributed by atoms with Crippen molar-refractivity contribution >= 4 is 5.69 Å². The lowest BCUT2D eigenvalue weighted by Crippen LogP contribution is -2.22. The summed E-state index contributed by atoms with van der Waals surface area (Å²) in [6.45, 7) is 12.5. The highest BCUT2D eigenvalue weighted by Crippen LogP contribution is 2.29. The molecule has 2 rings (SSSR count). The van der Waals surface area contributed by atoms with Crippen LogP contribution in [0.2, 0.25) is 0 Å². The topological polar surface area (TPSA) is 15.3 Å². The van der Waals surface area contributed by atoms with E-state index in [1.54, 1.807) is 6.07 Å². The van der Waals surface area contributed by atoms with E-state index >= 15 is 0 Å². The Labute approximate surface area is 122 Å². The average Bonchev–Trinajstić information content (AvgIpc) is 2.69. The Morgan fingerprint density at radius 3 is 2.45 bits per heavy atom. The van der Waals surface area contributed by atoms with Crippen LogP contribution in [0, 0.1) is 23.6 Å². The summed E-state index contributed by atoms with van der Waals surface area (Å²) < 4.78 is 14.3. The van der Waals surface area contributed by atoms with E-state index in [1.807, 2.05) is 12.1 Å². The van der Waals surface area contributed by atoms with Gasteiger partial charge >= 0.3 is 0 Å². The number of rotatable bonds is 5. The minimum absolute atomic E-state index is 0.0878. The van der Waals surface area contributed by atoms with Crippen LogP contribution in [0.4, 0.5) is 10.1 Å². The summed E-state index contributed by atoms with van der Waals surface area (Å²) in [6.07, 6.45) is 0. The van der Waals surface area contributed by atoms with Crippen molar-refractivity contribution < 1.29 is 4.39 Å². The number of halogens is 1. The molecule has 112 valence electrons. The van der Waals surface area contributed by atoms with Crippen LogP contribution >= 0.6 is 0 Å². The number of anilines is 1. The minimum Gasteiger partial charge on any atom is -0.369 e. The number of hydrogen-bond donors (Lipinski definition) is 1. The van der Waals surface area contributed by atoms with Crippen LogP contribution in [0.15, 0.2) is 18.2 Å². The molecule has 1 aliphatic heterocycles. The normalized spacial score (nSPS) is 22.8. The lowest BCUT2D eigenvalue weighted by Gasteiger charge is -2.19. The van der Waals surface area contributed by atoms with Gasteiger partial charge in [0.25, 0.3) is 0 Å². The van der Waals surface area contributed by atoms with Gasteiger partial charge in [0.1, 0.15) is 5.82 Å². The molecule has 2 unspecified atom stereocenters. The second-order valence-corrected chi connectivity index (χ2v) is 6.67. The van der Waals surface area contributed by atoms with Crippen LogP contribution in [0.3, 0.4) is 0 Å². The molecular weight excluding hydrogens is 251 g/mol. The van der Waals surface area contributed by atoms with Gasteiger partial charge in [-0.2, -0.15) is 0 Å². The molecule has 20 heavy (non-hydrogen) atoms. The molecule has 0 bridgehead atoms. The predicted molar refractivity (Wildman–Crippen MR) is 83.5 cm³/mol. The zero-order valence-electron chi connectivity index (χ0n) is 13.1. The molecule has 2 nitrogen and oxygen atoms in total. The first kappa shape index (κ1) is 15.3. The number of nitrogens with zero attached hydrogens (tertiary/aromatic N) is 1. The molecule has 3 heteroatoms. The Morgan fingerprint density at radius 1 is 1.25 bits per heavy atom. The van der Waals surface area contributed by atoms with Crippen molar-refractivity contribution in [2.75, 3.05) is 24.5 Å².